The number of hydrogen-bond donors (Lipinski definition) is 1. The van der Waals surface area contributed by atoms with Gasteiger partial charge in [0.05, 0.1) is 0 Å². The number of nitrogens with zero attached hydrogens (tertiary/aromatic N) is 1. The molecule has 2 heteroatoms. The Morgan fingerprint density at radius 1 is 1.55 bits per heavy atom. The van der Waals surface area contributed by atoms with E-state index in [1.54, 1.807) is 0 Å². The van der Waals surface area contributed by atoms with Crippen molar-refractivity contribution in [2.75, 3.05) is 0 Å². The fraction of sp³-hybridized carbons (Fsp3) is 0.556. The van der Waals surface area contributed by atoms with Crippen molar-refractivity contribution in [3.05, 3.63) is 24.0 Å². The molecule has 0 saturated heterocycles. The Hall–Kier alpha value is -0.760. The second kappa shape index (κ2) is 2.70. The Morgan fingerprint density at radius 3 is 2.91 bits per heavy atom. The Kier molecular flexibility index (Phi) is 1.70. The maximum absolute atomic E-state index is 5.59. The molecule has 2 rings (SSSR count). The van der Waals surface area contributed by atoms with E-state index in [1.807, 2.05) is 0 Å². The van der Waals surface area contributed by atoms with Crippen LogP contribution in [-0.2, 0) is 6.54 Å². The van der Waals surface area contributed by atoms with Gasteiger partial charge in [0.2, 0.25) is 0 Å². The van der Waals surface area contributed by atoms with Gasteiger partial charge in [-0.05, 0) is 31.4 Å². The van der Waals surface area contributed by atoms with E-state index in [0.29, 0.717) is 6.54 Å². The maximum atomic E-state index is 5.59. The van der Waals surface area contributed by atoms with Gasteiger partial charge in [0.25, 0.3) is 0 Å². The summed E-state index contributed by atoms with van der Waals surface area (Å²) in [5.41, 5.74) is 6.86. The van der Waals surface area contributed by atoms with Crippen LogP contribution in [0.3, 0.4) is 0 Å². The Balaban J connectivity index is 2.20. The molecule has 0 unspecified atom stereocenters. The fourth-order valence-electron chi connectivity index (χ4n) is 1.62. The van der Waals surface area contributed by atoms with Gasteiger partial charge in [-0.15, -0.1) is 0 Å². The molecule has 0 aromatic carbocycles. The van der Waals surface area contributed by atoms with E-state index in [2.05, 4.69) is 22.9 Å². The van der Waals surface area contributed by atoms with Gasteiger partial charge < -0.3 is 10.3 Å². The number of nitrogens with two attached hydrogens (primary N) is 1. The van der Waals surface area contributed by atoms with Crippen LogP contribution in [0.5, 0.6) is 0 Å². The van der Waals surface area contributed by atoms with Crippen LogP contribution >= 0.6 is 0 Å². The van der Waals surface area contributed by atoms with Gasteiger partial charge in [0.15, 0.2) is 0 Å². The molecule has 60 valence electrons. The zero-order valence-corrected chi connectivity index (χ0v) is 6.66. The molecule has 1 aliphatic carbocycles. The van der Waals surface area contributed by atoms with Gasteiger partial charge in [-0.3, -0.25) is 0 Å². The van der Waals surface area contributed by atoms with Gasteiger partial charge in [0, 0.05) is 24.5 Å². The van der Waals surface area contributed by atoms with Crippen LogP contribution in [-0.4, -0.2) is 4.57 Å². The van der Waals surface area contributed by atoms with E-state index >= 15 is 0 Å². The SMILES string of the molecule is NCc1cccn1C1CCC1. The molecule has 0 amide bonds. The highest BCUT2D eigenvalue weighted by molar-refractivity contribution is 5.09. The molecule has 1 saturated carbocycles. The van der Waals surface area contributed by atoms with Crippen LogP contribution in [0.25, 0.3) is 0 Å². The smallest absolute Gasteiger partial charge is 0.0334 e. The van der Waals surface area contributed by atoms with Gasteiger partial charge in [-0.1, -0.05) is 0 Å². The average molecular weight is 150 g/mol. The molecule has 0 bridgehead atoms. The van der Waals surface area contributed by atoms with Crippen molar-refractivity contribution in [2.24, 2.45) is 5.73 Å². The van der Waals surface area contributed by atoms with Crippen molar-refractivity contribution < 1.29 is 0 Å². The molecule has 1 fully saturated rings. The quantitative estimate of drug-likeness (QED) is 0.683. The number of hydrogen-bond acceptors (Lipinski definition) is 1. The minimum Gasteiger partial charge on any atom is -0.347 e. The lowest BCUT2D eigenvalue weighted by atomic mass is 9.93. The summed E-state index contributed by atoms with van der Waals surface area (Å²) >= 11 is 0. The van der Waals surface area contributed by atoms with Crippen molar-refractivity contribution >= 4 is 0 Å². The molecule has 2 N–H and O–H groups in total. The van der Waals surface area contributed by atoms with Crippen LogP contribution in [0.15, 0.2) is 18.3 Å². The molecule has 1 aromatic heterocycles. The van der Waals surface area contributed by atoms with Crippen LogP contribution < -0.4 is 5.73 Å². The van der Waals surface area contributed by atoms with Crippen molar-refractivity contribution in [2.45, 2.75) is 31.8 Å². The molecule has 0 spiro atoms. The normalized spacial score (nSPS) is 18.3. The zero-order valence-electron chi connectivity index (χ0n) is 6.66. The topological polar surface area (TPSA) is 30.9 Å². The standard InChI is InChI=1S/C9H14N2/c10-7-9-5-2-6-11(9)8-3-1-4-8/h2,5-6,8H,1,3-4,7,10H2. The summed E-state index contributed by atoms with van der Waals surface area (Å²) in [6, 6.07) is 4.95. The lowest BCUT2D eigenvalue weighted by Crippen LogP contribution is -2.19. The molecule has 0 radical (unpaired) electrons. The summed E-state index contributed by atoms with van der Waals surface area (Å²) in [5.74, 6) is 0. The molecule has 1 aromatic rings. The molecule has 1 aliphatic rings. The highest BCUT2D eigenvalue weighted by atomic mass is 15.0. The predicted octanol–water partition coefficient (Wildman–Crippen LogP) is 1.67. The van der Waals surface area contributed by atoms with Crippen LogP contribution in [0, 0.1) is 0 Å². The third-order valence-electron chi connectivity index (χ3n) is 2.54. The van der Waals surface area contributed by atoms with E-state index in [0.717, 1.165) is 6.04 Å². The predicted molar refractivity (Wildman–Crippen MR) is 45.2 cm³/mol. The molecule has 0 aliphatic heterocycles. The number of rotatable bonds is 2. The van der Waals surface area contributed by atoms with Crippen LogP contribution in [0.1, 0.15) is 31.0 Å². The first-order valence-electron chi connectivity index (χ1n) is 4.27. The molecule has 1 heterocycles. The van der Waals surface area contributed by atoms with Gasteiger partial charge >= 0.3 is 0 Å². The van der Waals surface area contributed by atoms with Gasteiger partial charge in [0.1, 0.15) is 0 Å². The average Bonchev–Trinajstić information content (AvgIpc) is 2.32. The highest BCUT2D eigenvalue weighted by Crippen LogP contribution is 2.32. The molecule has 0 atom stereocenters. The first-order valence-corrected chi connectivity index (χ1v) is 4.27. The highest BCUT2D eigenvalue weighted by Gasteiger charge is 2.19. The summed E-state index contributed by atoms with van der Waals surface area (Å²) in [7, 11) is 0. The lowest BCUT2D eigenvalue weighted by molar-refractivity contribution is 0.308. The Morgan fingerprint density at radius 2 is 2.36 bits per heavy atom. The monoisotopic (exact) mass is 150 g/mol. The summed E-state index contributed by atoms with van der Waals surface area (Å²) < 4.78 is 2.32. The van der Waals surface area contributed by atoms with Crippen LogP contribution in [0.4, 0.5) is 0 Å². The van der Waals surface area contributed by atoms with E-state index in [4.69, 9.17) is 5.73 Å². The van der Waals surface area contributed by atoms with E-state index < -0.39 is 0 Å². The largest absolute Gasteiger partial charge is 0.347 e. The van der Waals surface area contributed by atoms with Crippen molar-refractivity contribution in [1.29, 1.82) is 0 Å². The summed E-state index contributed by atoms with van der Waals surface area (Å²) in [6.07, 6.45) is 6.20. The van der Waals surface area contributed by atoms with Crippen LogP contribution in [0.2, 0.25) is 0 Å². The third kappa shape index (κ3) is 1.07. The summed E-state index contributed by atoms with van der Waals surface area (Å²) in [4.78, 5) is 0. The minimum absolute atomic E-state index is 0.670. The molecular weight excluding hydrogens is 136 g/mol. The fourth-order valence-corrected chi connectivity index (χ4v) is 1.62. The summed E-state index contributed by atoms with van der Waals surface area (Å²) in [5, 5.41) is 0. The second-order valence-electron chi connectivity index (χ2n) is 3.20. The van der Waals surface area contributed by atoms with Crippen molar-refractivity contribution in [3.8, 4) is 0 Å². The minimum atomic E-state index is 0.670. The van der Waals surface area contributed by atoms with E-state index in [1.165, 1.54) is 25.0 Å². The van der Waals surface area contributed by atoms with E-state index in [-0.39, 0.29) is 0 Å². The maximum Gasteiger partial charge on any atom is 0.0334 e. The Bertz CT molecular complexity index is 235. The Labute approximate surface area is 67.0 Å². The van der Waals surface area contributed by atoms with Gasteiger partial charge in [-0.25, -0.2) is 0 Å². The first-order chi connectivity index (χ1) is 5.42. The van der Waals surface area contributed by atoms with E-state index in [9.17, 15) is 0 Å². The molecular formula is C9H14N2. The lowest BCUT2D eigenvalue weighted by Gasteiger charge is -2.28. The van der Waals surface area contributed by atoms with Crippen molar-refractivity contribution in [3.63, 3.8) is 0 Å². The zero-order chi connectivity index (χ0) is 7.68. The third-order valence-corrected chi connectivity index (χ3v) is 2.54. The van der Waals surface area contributed by atoms with Crippen molar-refractivity contribution in [1.82, 2.24) is 4.57 Å². The summed E-state index contributed by atoms with van der Waals surface area (Å²) in [6.45, 7) is 0.670. The number of aromatic nitrogens is 1. The molecule has 11 heavy (non-hydrogen) atoms. The molecule has 2 nitrogen and oxygen atoms in total. The second-order valence-corrected chi connectivity index (χ2v) is 3.20. The first kappa shape index (κ1) is 6.92. The van der Waals surface area contributed by atoms with Gasteiger partial charge in [-0.2, -0.15) is 0 Å².